The number of halogens is 1. The fourth-order valence-corrected chi connectivity index (χ4v) is 6.16. The molecule has 4 aromatic rings. The summed E-state index contributed by atoms with van der Waals surface area (Å²) in [5.41, 5.74) is 11.7. The lowest BCUT2D eigenvalue weighted by atomic mass is 9.55. The van der Waals surface area contributed by atoms with Crippen molar-refractivity contribution >= 4 is 11.6 Å². The first-order valence-electron chi connectivity index (χ1n) is 10.6. The molecular weight excluding hydrogens is 384 g/mol. The van der Waals surface area contributed by atoms with Crippen LogP contribution in [0.1, 0.15) is 52.8 Å². The summed E-state index contributed by atoms with van der Waals surface area (Å²) in [6.45, 7) is 6.89. The van der Waals surface area contributed by atoms with Crippen LogP contribution in [0.5, 0.6) is 0 Å². The zero-order valence-electron chi connectivity index (χ0n) is 17.5. The number of fused-ring (bicyclic) bond motifs is 9. The van der Waals surface area contributed by atoms with Crippen LogP contribution in [0, 0.1) is 6.92 Å². The summed E-state index contributed by atoms with van der Waals surface area (Å²) in [4.78, 5) is 0. The van der Waals surface area contributed by atoms with Crippen LogP contribution in [0.25, 0.3) is 11.1 Å². The molecule has 0 nitrogen and oxygen atoms in total. The van der Waals surface area contributed by atoms with Gasteiger partial charge in [0, 0.05) is 10.4 Å². The molecule has 2 aliphatic rings. The standard InChI is InChI=1S/C29H23Cl/c1-18-12-14-20-21-15-13-19(30)17-27(21)29(26(20)16-18)24-10-6-4-8-22(24)28(2,3)23-9-5-7-11-25(23)29/h4-17H,1-3H3. The molecule has 2 aliphatic carbocycles. The average molecular weight is 407 g/mol. The van der Waals surface area contributed by atoms with Crippen molar-refractivity contribution in [2.45, 2.75) is 31.6 Å². The lowest BCUT2D eigenvalue weighted by molar-refractivity contribution is 0.563. The van der Waals surface area contributed by atoms with Crippen molar-refractivity contribution in [3.63, 3.8) is 0 Å². The molecule has 0 aliphatic heterocycles. The lowest BCUT2D eigenvalue weighted by Crippen LogP contribution is -2.40. The molecule has 0 aromatic heterocycles. The molecule has 4 aromatic carbocycles. The van der Waals surface area contributed by atoms with Crippen LogP contribution in [-0.4, -0.2) is 0 Å². The SMILES string of the molecule is Cc1ccc2c(c1)C1(c3cc(Cl)ccc3-2)c2ccccc2C(C)(C)c2ccccc21. The highest BCUT2D eigenvalue weighted by atomic mass is 35.5. The first kappa shape index (κ1) is 18.0. The Morgan fingerprint density at radius 1 is 0.567 bits per heavy atom. The van der Waals surface area contributed by atoms with E-state index in [2.05, 4.69) is 99.6 Å². The van der Waals surface area contributed by atoms with Gasteiger partial charge in [0.15, 0.2) is 0 Å². The Balaban J connectivity index is 1.89. The van der Waals surface area contributed by atoms with Crippen molar-refractivity contribution in [3.05, 3.63) is 129 Å². The molecule has 0 amide bonds. The van der Waals surface area contributed by atoms with Gasteiger partial charge in [0.2, 0.25) is 0 Å². The Kier molecular flexibility index (Phi) is 3.51. The zero-order valence-corrected chi connectivity index (χ0v) is 18.2. The van der Waals surface area contributed by atoms with Gasteiger partial charge < -0.3 is 0 Å². The van der Waals surface area contributed by atoms with Crippen LogP contribution in [-0.2, 0) is 10.8 Å². The molecule has 0 heterocycles. The van der Waals surface area contributed by atoms with E-state index in [-0.39, 0.29) is 10.8 Å². The van der Waals surface area contributed by atoms with Crippen LogP contribution >= 0.6 is 11.6 Å². The summed E-state index contributed by atoms with van der Waals surface area (Å²) in [6.07, 6.45) is 0. The maximum absolute atomic E-state index is 6.61. The van der Waals surface area contributed by atoms with E-state index in [1.165, 1.54) is 50.1 Å². The van der Waals surface area contributed by atoms with Gasteiger partial charge in [-0.3, -0.25) is 0 Å². The molecule has 0 saturated heterocycles. The quantitative estimate of drug-likeness (QED) is 0.247. The number of hydrogen-bond donors (Lipinski definition) is 0. The number of benzene rings is 4. The third-order valence-corrected chi connectivity index (χ3v) is 7.50. The highest BCUT2D eigenvalue weighted by Gasteiger charge is 2.53. The summed E-state index contributed by atoms with van der Waals surface area (Å²) in [7, 11) is 0. The second kappa shape index (κ2) is 5.86. The fourth-order valence-electron chi connectivity index (χ4n) is 5.99. The van der Waals surface area contributed by atoms with Crippen molar-refractivity contribution in [3.8, 4) is 11.1 Å². The zero-order chi connectivity index (χ0) is 20.7. The van der Waals surface area contributed by atoms with Gasteiger partial charge in [-0.25, -0.2) is 0 Å². The Hall–Kier alpha value is -2.83. The molecule has 1 heteroatoms. The largest absolute Gasteiger partial charge is 0.0843 e. The van der Waals surface area contributed by atoms with Gasteiger partial charge in [0.05, 0.1) is 5.41 Å². The van der Waals surface area contributed by atoms with E-state index >= 15 is 0 Å². The first-order chi connectivity index (χ1) is 14.5. The minimum atomic E-state index is -0.343. The maximum atomic E-state index is 6.61. The van der Waals surface area contributed by atoms with Gasteiger partial charge in [0.25, 0.3) is 0 Å². The molecule has 1 spiro atoms. The van der Waals surface area contributed by atoms with Crippen LogP contribution in [0.15, 0.2) is 84.9 Å². The van der Waals surface area contributed by atoms with E-state index in [0.29, 0.717) is 0 Å². The van der Waals surface area contributed by atoms with Crippen LogP contribution in [0.4, 0.5) is 0 Å². The Bertz CT molecular complexity index is 1240. The highest BCUT2D eigenvalue weighted by molar-refractivity contribution is 6.30. The van der Waals surface area contributed by atoms with E-state index < -0.39 is 0 Å². The Labute approximate surface area is 183 Å². The van der Waals surface area contributed by atoms with E-state index in [1.807, 2.05) is 6.07 Å². The third kappa shape index (κ3) is 2.03. The lowest BCUT2D eigenvalue weighted by Gasteiger charge is -2.46. The van der Waals surface area contributed by atoms with E-state index in [9.17, 15) is 0 Å². The van der Waals surface area contributed by atoms with Gasteiger partial charge in [-0.2, -0.15) is 0 Å². The predicted octanol–water partition coefficient (Wildman–Crippen LogP) is 7.65. The van der Waals surface area contributed by atoms with Gasteiger partial charge in [-0.15, -0.1) is 0 Å². The molecule has 146 valence electrons. The molecule has 0 fully saturated rings. The minimum Gasteiger partial charge on any atom is -0.0843 e. The van der Waals surface area contributed by atoms with Gasteiger partial charge in [-0.05, 0) is 63.6 Å². The normalized spacial score (nSPS) is 16.5. The molecule has 0 bridgehead atoms. The third-order valence-electron chi connectivity index (χ3n) is 7.26. The summed E-state index contributed by atoms with van der Waals surface area (Å²) in [6, 6.07) is 31.3. The highest BCUT2D eigenvalue weighted by Crippen LogP contribution is 2.62. The van der Waals surface area contributed by atoms with E-state index in [0.717, 1.165) is 5.02 Å². The Morgan fingerprint density at radius 2 is 1.07 bits per heavy atom. The van der Waals surface area contributed by atoms with E-state index in [4.69, 9.17) is 11.6 Å². The number of aryl methyl sites for hydroxylation is 1. The number of hydrogen-bond acceptors (Lipinski definition) is 0. The van der Waals surface area contributed by atoms with Crippen molar-refractivity contribution in [2.75, 3.05) is 0 Å². The monoisotopic (exact) mass is 406 g/mol. The smallest absolute Gasteiger partial charge is 0.0720 e. The molecular formula is C29H23Cl. The van der Waals surface area contributed by atoms with Crippen molar-refractivity contribution in [1.82, 2.24) is 0 Å². The second-order valence-electron chi connectivity index (χ2n) is 9.21. The second-order valence-corrected chi connectivity index (χ2v) is 9.64. The maximum Gasteiger partial charge on any atom is 0.0720 e. The molecule has 6 rings (SSSR count). The molecule has 0 atom stereocenters. The van der Waals surface area contributed by atoms with Crippen LogP contribution < -0.4 is 0 Å². The first-order valence-corrected chi connectivity index (χ1v) is 10.9. The molecule has 0 radical (unpaired) electrons. The molecule has 0 N–H and O–H groups in total. The minimum absolute atomic E-state index is 0.0657. The molecule has 30 heavy (non-hydrogen) atoms. The van der Waals surface area contributed by atoms with Crippen LogP contribution in [0.3, 0.4) is 0 Å². The summed E-state index contributed by atoms with van der Waals surface area (Å²) in [5.74, 6) is 0. The van der Waals surface area contributed by atoms with Gasteiger partial charge in [0.1, 0.15) is 0 Å². The predicted molar refractivity (Wildman–Crippen MR) is 126 cm³/mol. The summed E-state index contributed by atoms with van der Waals surface area (Å²) >= 11 is 6.61. The fraction of sp³-hybridized carbons (Fsp3) is 0.172. The van der Waals surface area contributed by atoms with E-state index in [1.54, 1.807) is 0 Å². The topological polar surface area (TPSA) is 0 Å². The van der Waals surface area contributed by atoms with Crippen molar-refractivity contribution in [2.24, 2.45) is 0 Å². The summed E-state index contributed by atoms with van der Waals surface area (Å²) in [5, 5.41) is 0.789. The van der Waals surface area contributed by atoms with Crippen molar-refractivity contribution < 1.29 is 0 Å². The molecule has 0 saturated carbocycles. The van der Waals surface area contributed by atoms with Crippen LogP contribution in [0.2, 0.25) is 5.02 Å². The molecule has 0 unspecified atom stereocenters. The number of rotatable bonds is 0. The van der Waals surface area contributed by atoms with Gasteiger partial charge in [-0.1, -0.05) is 104 Å². The van der Waals surface area contributed by atoms with Gasteiger partial charge >= 0.3 is 0 Å². The average Bonchev–Trinajstić information content (AvgIpc) is 3.02. The van der Waals surface area contributed by atoms with Crippen molar-refractivity contribution in [1.29, 1.82) is 0 Å². The summed E-state index contributed by atoms with van der Waals surface area (Å²) < 4.78 is 0. The Morgan fingerprint density at radius 3 is 1.67 bits per heavy atom.